The summed E-state index contributed by atoms with van der Waals surface area (Å²) in [6.07, 6.45) is 1.57. The van der Waals surface area contributed by atoms with Gasteiger partial charge in [0, 0.05) is 42.6 Å². The van der Waals surface area contributed by atoms with Gasteiger partial charge in [-0.2, -0.15) is 0 Å². The second kappa shape index (κ2) is 6.81. The van der Waals surface area contributed by atoms with E-state index < -0.39 is 11.2 Å². The van der Waals surface area contributed by atoms with Crippen LogP contribution in [0.15, 0.2) is 58.1 Å². The van der Waals surface area contributed by atoms with E-state index in [1.165, 1.54) is 0 Å². The zero-order valence-electron chi connectivity index (χ0n) is 21.3. The average Bonchev–Trinajstić information content (AvgIpc) is 3.09. The number of hydrogen-bond donors (Lipinski definition) is 0. The van der Waals surface area contributed by atoms with E-state index >= 15 is 0 Å². The monoisotopic (exact) mass is 482 g/mol. The number of aromatic nitrogens is 2. The van der Waals surface area contributed by atoms with Crippen molar-refractivity contribution in [2.75, 3.05) is 0 Å². The lowest BCUT2D eigenvalue weighted by Crippen LogP contribution is -2.58. The minimum atomic E-state index is -0.661. The molecule has 1 saturated carbocycles. The second-order valence-electron chi connectivity index (χ2n) is 11.5. The largest absolute Gasteiger partial charge is 0.486 e. The number of ether oxygens (including phenoxy) is 2. The van der Waals surface area contributed by atoms with Gasteiger partial charge in [-0.15, -0.1) is 0 Å². The van der Waals surface area contributed by atoms with Gasteiger partial charge in [-0.25, -0.2) is 0 Å². The summed E-state index contributed by atoms with van der Waals surface area (Å²) in [6.45, 7) is 6.34. The molecule has 0 spiro atoms. The highest BCUT2D eigenvalue weighted by atomic mass is 16.5. The van der Waals surface area contributed by atoms with E-state index in [1.807, 2.05) is 62.6 Å². The molecule has 2 aromatic carbocycles. The smallest absolute Gasteiger partial charge is 0.258 e. The maximum Gasteiger partial charge on any atom is 0.258 e. The van der Waals surface area contributed by atoms with Crippen molar-refractivity contribution in [3.8, 4) is 11.5 Å². The molecule has 1 fully saturated rings. The molecule has 36 heavy (non-hydrogen) atoms. The number of aryl methyl sites for hydroxylation is 2. The van der Waals surface area contributed by atoms with Gasteiger partial charge in [0.05, 0.1) is 22.2 Å². The summed E-state index contributed by atoms with van der Waals surface area (Å²) < 4.78 is 17.3. The molecule has 6 nitrogen and oxygen atoms in total. The first-order chi connectivity index (χ1) is 17.1. The molecule has 0 N–H and O–H groups in total. The molecule has 1 aliphatic carbocycles. The first-order valence-electron chi connectivity index (χ1n) is 12.8. The first-order valence-corrected chi connectivity index (χ1v) is 12.8. The molecule has 3 aliphatic heterocycles. The van der Waals surface area contributed by atoms with E-state index in [0.717, 1.165) is 40.2 Å². The quantitative estimate of drug-likeness (QED) is 0.354. The Labute approximate surface area is 209 Å². The summed E-state index contributed by atoms with van der Waals surface area (Å²) in [5.41, 5.74) is 1.77. The highest BCUT2D eigenvalue weighted by molar-refractivity contribution is 5.89. The third kappa shape index (κ3) is 2.52. The van der Waals surface area contributed by atoms with Crippen LogP contribution in [0.4, 0.5) is 0 Å². The Morgan fingerprint density at radius 2 is 1.31 bits per heavy atom. The molecule has 6 heteroatoms. The van der Waals surface area contributed by atoms with Crippen molar-refractivity contribution < 1.29 is 9.47 Å². The highest BCUT2D eigenvalue weighted by Crippen LogP contribution is 2.63. The molecule has 2 aromatic heterocycles. The van der Waals surface area contributed by atoms with Crippen LogP contribution in [-0.4, -0.2) is 20.3 Å². The Hall–Kier alpha value is -3.54. The van der Waals surface area contributed by atoms with Gasteiger partial charge in [-0.3, -0.25) is 9.59 Å². The maximum atomic E-state index is 14.0. The van der Waals surface area contributed by atoms with Crippen LogP contribution in [0, 0.1) is 5.92 Å². The standard InChI is InChI=1S/C30H30N2O4/c1-29(2)23-18-14-15-30(3,36-25-16-10-6-8-12-19(16)31(4)27(33)21(18)25)24(23)22-26(35-29)17-11-7-9-13-20(17)32(5)28(22)34/h6-13,18,23-24H,14-15H2,1-5H3. The molecule has 0 amide bonds. The van der Waals surface area contributed by atoms with Crippen LogP contribution in [0.25, 0.3) is 21.8 Å². The van der Waals surface area contributed by atoms with Crippen molar-refractivity contribution in [3.05, 3.63) is 80.4 Å². The molecule has 4 atom stereocenters. The fourth-order valence-corrected chi connectivity index (χ4v) is 7.56. The van der Waals surface area contributed by atoms with Crippen molar-refractivity contribution >= 4 is 21.8 Å². The first kappa shape index (κ1) is 21.7. The van der Waals surface area contributed by atoms with Gasteiger partial charge < -0.3 is 18.6 Å². The summed E-state index contributed by atoms with van der Waals surface area (Å²) in [4.78, 5) is 27.9. The molecular weight excluding hydrogens is 452 g/mol. The number of nitrogens with zero attached hydrogens (tertiary/aromatic N) is 2. The maximum absolute atomic E-state index is 14.0. The summed E-state index contributed by atoms with van der Waals surface area (Å²) >= 11 is 0. The Kier molecular flexibility index (Phi) is 4.11. The van der Waals surface area contributed by atoms with Gasteiger partial charge in [0.25, 0.3) is 11.1 Å². The Morgan fingerprint density at radius 1 is 0.778 bits per heavy atom. The van der Waals surface area contributed by atoms with Crippen LogP contribution >= 0.6 is 0 Å². The summed E-state index contributed by atoms with van der Waals surface area (Å²) in [5.74, 6) is 0.965. The van der Waals surface area contributed by atoms with Gasteiger partial charge in [0.2, 0.25) is 0 Å². The highest BCUT2D eigenvalue weighted by Gasteiger charge is 2.62. The summed E-state index contributed by atoms with van der Waals surface area (Å²) in [7, 11) is 3.66. The molecular formula is C30H30N2O4. The molecule has 4 aliphatic rings. The van der Waals surface area contributed by atoms with Crippen molar-refractivity contribution in [1.82, 2.24) is 9.13 Å². The zero-order valence-corrected chi connectivity index (χ0v) is 21.3. The third-order valence-corrected chi connectivity index (χ3v) is 9.17. The minimum absolute atomic E-state index is 0.0217. The fourth-order valence-electron chi connectivity index (χ4n) is 7.56. The zero-order chi connectivity index (χ0) is 25.1. The van der Waals surface area contributed by atoms with E-state index in [-0.39, 0.29) is 28.9 Å². The van der Waals surface area contributed by atoms with Crippen LogP contribution in [-0.2, 0) is 14.1 Å². The number of para-hydroxylation sites is 2. The Balaban J connectivity index is 1.60. The number of fused-ring (bicyclic) bond motifs is 5. The van der Waals surface area contributed by atoms with Crippen LogP contribution in [0.1, 0.15) is 56.6 Å². The van der Waals surface area contributed by atoms with Crippen LogP contribution in [0.3, 0.4) is 0 Å². The number of benzene rings is 2. The molecule has 0 saturated heterocycles. The molecule has 4 unspecified atom stereocenters. The van der Waals surface area contributed by atoms with Crippen molar-refractivity contribution in [3.63, 3.8) is 0 Å². The van der Waals surface area contributed by atoms with Gasteiger partial charge >= 0.3 is 0 Å². The van der Waals surface area contributed by atoms with Gasteiger partial charge in [0.15, 0.2) is 0 Å². The fraction of sp³-hybridized carbons (Fsp3) is 0.400. The molecule has 184 valence electrons. The van der Waals surface area contributed by atoms with Crippen LogP contribution in [0.5, 0.6) is 11.5 Å². The number of pyridine rings is 2. The number of hydrogen-bond acceptors (Lipinski definition) is 4. The van der Waals surface area contributed by atoms with E-state index in [1.54, 1.807) is 9.13 Å². The van der Waals surface area contributed by atoms with Gasteiger partial charge in [-0.05, 0) is 57.9 Å². The molecule has 8 rings (SSSR count). The lowest BCUT2D eigenvalue weighted by atomic mass is 9.56. The summed E-state index contributed by atoms with van der Waals surface area (Å²) in [6, 6.07) is 15.9. The third-order valence-electron chi connectivity index (χ3n) is 9.17. The SMILES string of the molecule is Cn1c(=O)c2c(c3ccccc31)OC1(C)CCC2C2C1c1c(c3ccccc3n(C)c1=O)OC2(C)C. The number of rotatable bonds is 0. The predicted molar refractivity (Wildman–Crippen MR) is 140 cm³/mol. The molecule has 2 bridgehead atoms. The lowest BCUT2D eigenvalue weighted by Gasteiger charge is -2.54. The Bertz CT molecular complexity index is 1730. The van der Waals surface area contributed by atoms with Gasteiger partial charge in [-0.1, -0.05) is 24.3 Å². The van der Waals surface area contributed by atoms with E-state index in [0.29, 0.717) is 17.1 Å². The Morgan fingerprint density at radius 3 is 1.92 bits per heavy atom. The van der Waals surface area contributed by atoms with Gasteiger partial charge in [0.1, 0.15) is 22.7 Å². The van der Waals surface area contributed by atoms with E-state index in [2.05, 4.69) is 20.8 Å². The molecule has 5 heterocycles. The summed E-state index contributed by atoms with van der Waals surface area (Å²) in [5, 5.41) is 1.88. The second-order valence-corrected chi connectivity index (χ2v) is 11.5. The van der Waals surface area contributed by atoms with Crippen molar-refractivity contribution in [1.29, 1.82) is 0 Å². The lowest BCUT2D eigenvalue weighted by molar-refractivity contribution is -0.0788. The van der Waals surface area contributed by atoms with Crippen LogP contribution < -0.4 is 20.6 Å². The van der Waals surface area contributed by atoms with E-state index in [9.17, 15) is 9.59 Å². The molecule has 0 radical (unpaired) electrons. The average molecular weight is 483 g/mol. The predicted octanol–water partition coefficient (Wildman–Crippen LogP) is 4.99. The van der Waals surface area contributed by atoms with Crippen molar-refractivity contribution in [2.24, 2.45) is 20.0 Å². The van der Waals surface area contributed by atoms with Crippen molar-refractivity contribution in [2.45, 2.75) is 56.7 Å². The van der Waals surface area contributed by atoms with Crippen LogP contribution in [0.2, 0.25) is 0 Å². The van der Waals surface area contributed by atoms with E-state index in [4.69, 9.17) is 9.47 Å². The minimum Gasteiger partial charge on any atom is -0.486 e. The normalized spacial score (nSPS) is 27.5. The topological polar surface area (TPSA) is 62.5 Å². The molecule has 4 aromatic rings.